The third-order valence-corrected chi connectivity index (χ3v) is 8.62. The third-order valence-electron chi connectivity index (χ3n) is 8.62. The van der Waals surface area contributed by atoms with Gasteiger partial charge in [-0.2, -0.15) is 5.10 Å². The SMILES string of the molecule is C=CC(=O)N1CC2CC(n3nc(-c4ccc(CN5Cc6ccccc6C5)cc4)c4c(N)ncnc43)CC2C1. The lowest BCUT2D eigenvalue weighted by molar-refractivity contribution is -0.125. The molecule has 1 amide bonds. The van der Waals surface area contributed by atoms with Crippen LogP contribution < -0.4 is 5.73 Å². The van der Waals surface area contributed by atoms with Gasteiger partial charge in [0.2, 0.25) is 5.91 Å². The summed E-state index contributed by atoms with van der Waals surface area (Å²) in [4.78, 5) is 25.4. The molecule has 1 aliphatic carbocycles. The molecular weight excluding hydrogens is 474 g/mol. The number of anilines is 1. The predicted octanol–water partition coefficient (Wildman–Crippen LogP) is 4.19. The first-order valence-corrected chi connectivity index (χ1v) is 13.4. The Balaban J connectivity index is 1.13. The van der Waals surface area contributed by atoms with Gasteiger partial charge >= 0.3 is 0 Å². The van der Waals surface area contributed by atoms with Crippen molar-refractivity contribution < 1.29 is 4.79 Å². The minimum atomic E-state index is 0.0287. The molecule has 2 atom stereocenters. The van der Waals surface area contributed by atoms with Crippen LogP contribution in [0.2, 0.25) is 0 Å². The molecular formula is C30H31N7O. The normalized spacial score (nSPS) is 22.6. The van der Waals surface area contributed by atoms with Crippen LogP contribution in [0, 0.1) is 11.8 Å². The number of rotatable bonds is 5. The Hall–Kier alpha value is -4.04. The molecule has 2 aromatic carbocycles. The molecule has 192 valence electrons. The van der Waals surface area contributed by atoms with Gasteiger partial charge < -0.3 is 10.6 Å². The number of nitrogen functional groups attached to an aromatic ring is 1. The second-order valence-electron chi connectivity index (χ2n) is 11.0. The van der Waals surface area contributed by atoms with E-state index >= 15 is 0 Å². The summed E-state index contributed by atoms with van der Waals surface area (Å²) in [6.45, 7) is 8.11. The van der Waals surface area contributed by atoms with Crippen LogP contribution in [0.4, 0.5) is 5.82 Å². The van der Waals surface area contributed by atoms with Crippen LogP contribution in [0.5, 0.6) is 0 Å². The molecule has 4 aromatic rings. The van der Waals surface area contributed by atoms with E-state index in [-0.39, 0.29) is 11.9 Å². The van der Waals surface area contributed by atoms with Crippen molar-refractivity contribution in [2.45, 2.75) is 38.5 Å². The monoisotopic (exact) mass is 505 g/mol. The van der Waals surface area contributed by atoms with Gasteiger partial charge in [0, 0.05) is 38.3 Å². The van der Waals surface area contributed by atoms with Gasteiger partial charge in [-0.1, -0.05) is 55.1 Å². The lowest BCUT2D eigenvalue weighted by Gasteiger charge is -2.18. The highest BCUT2D eigenvalue weighted by atomic mass is 16.2. The zero-order valence-corrected chi connectivity index (χ0v) is 21.3. The summed E-state index contributed by atoms with van der Waals surface area (Å²) in [5.74, 6) is 1.43. The summed E-state index contributed by atoms with van der Waals surface area (Å²) in [6, 6.07) is 17.6. The van der Waals surface area contributed by atoms with Crippen molar-refractivity contribution in [2.75, 3.05) is 18.8 Å². The number of nitrogens with two attached hydrogens (primary N) is 1. The summed E-state index contributed by atoms with van der Waals surface area (Å²) >= 11 is 0. The molecule has 4 heterocycles. The molecule has 2 unspecified atom stereocenters. The Kier molecular flexibility index (Phi) is 5.51. The van der Waals surface area contributed by atoms with Crippen molar-refractivity contribution in [3.05, 3.63) is 84.2 Å². The summed E-state index contributed by atoms with van der Waals surface area (Å²) in [6.07, 6.45) is 4.89. The number of amides is 1. The van der Waals surface area contributed by atoms with E-state index in [1.807, 2.05) is 4.90 Å². The number of hydrogen-bond donors (Lipinski definition) is 1. The molecule has 38 heavy (non-hydrogen) atoms. The highest BCUT2D eigenvalue weighted by Gasteiger charge is 2.43. The second-order valence-corrected chi connectivity index (χ2v) is 11.0. The zero-order valence-electron chi connectivity index (χ0n) is 21.3. The molecule has 2 aromatic heterocycles. The van der Waals surface area contributed by atoms with Crippen molar-refractivity contribution in [3.63, 3.8) is 0 Å². The minimum absolute atomic E-state index is 0.0287. The first-order valence-electron chi connectivity index (χ1n) is 13.4. The molecule has 7 rings (SSSR count). The third kappa shape index (κ3) is 3.87. The summed E-state index contributed by atoms with van der Waals surface area (Å²) in [5.41, 5.74) is 13.1. The van der Waals surface area contributed by atoms with E-state index in [4.69, 9.17) is 10.8 Å². The number of benzene rings is 2. The Morgan fingerprint density at radius 1 is 1.00 bits per heavy atom. The maximum absolute atomic E-state index is 12.1. The van der Waals surface area contributed by atoms with Gasteiger partial charge in [-0.05, 0) is 47.4 Å². The summed E-state index contributed by atoms with van der Waals surface area (Å²) in [7, 11) is 0. The molecule has 3 aliphatic rings. The predicted molar refractivity (Wildman–Crippen MR) is 147 cm³/mol. The Labute approximate surface area is 221 Å². The van der Waals surface area contributed by atoms with Crippen molar-refractivity contribution in [3.8, 4) is 11.3 Å². The van der Waals surface area contributed by atoms with Crippen LogP contribution in [0.3, 0.4) is 0 Å². The fourth-order valence-electron chi connectivity index (χ4n) is 6.77. The van der Waals surface area contributed by atoms with Crippen LogP contribution in [0.15, 0.2) is 67.5 Å². The molecule has 0 bridgehead atoms. The zero-order chi connectivity index (χ0) is 25.8. The fraction of sp³-hybridized carbons (Fsp3) is 0.333. The van der Waals surface area contributed by atoms with Crippen LogP contribution in [-0.2, 0) is 24.4 Å². The summed E-state index contributed by atoms with van der Waals surface area (Å²) in [5, 5.41) is 5.90. The van der Waals surface area contributed by atoms with E-state index in [0.29, 0.717) is 17.7 Å². The Bertz CT molecular complexity index is 1500. The van der Waals surface area contributed by atoms with Gasteiger partial charge in [-0.15, -0.1) is 0 Å². The Morgan fingerprint density at radius 2 is 1.68 bits per heavy atom. The number of carbonyl (C=O) groups excluding carboxylic acids is 1. The maximum atomic E-state index is 12.1. The average Bonchev–Trinajstić information content (AvgIpc) is 3.69. The number of fused-ring (bicyclic) bond motifs is 3. The fourth-order valence-corrected chi connectivity index (χ4v) is 6.77. The number of aromatic nitrogens is 4. The Morgan fingerprint density at radius 3 is 2.34 bits per heavy atom. The number of carbonyl (C=O) groups is 1. The largest absolute Gasteiger partial charge is 0.383 e. The van der Waals surface area contributed by atoms with Crippen molar-refractivity contribution in [2.24, 2.45) is 11.8 Å². The van der Waals surface area contributed by atoms with E-state index in [0.717, 1.165) is 67.9 Å². The molecule has 2 N–H and O–H groups in total. The molecule has 0 spiro atoms. The highest BCUT2D eigenvalue weighted by Crippen LogP contribution is 2.45. The van der Waals surface area contributed by atoms with Gasteiger partial charge in [0.05, 0.1) is 11.4 Å². The van der Waals surface area contributed by atoms with Gasteiger partial charge in [0.25, 0.3) is 0 Å². The van der Waals surface area contributed by atoms with Crippen LogP contribution in [-0.4, -0.2) is 48.5 Å². The smallest absolute Gasteiger partial charge is 0.245 e. The molecule has 2 aliphatic heterocycles. The number of likely N-dealkylation sites (tertiary alicyclic amines) is 1. The van der Waals surface area contributed by atoms with E-state index in [1.54, 1.807) is 0 Å². The highest BCUT2D eigenvalue weighted by molar-refractivity contribution is 5.98. The molecule has 2 fully saturated rings. The minimum Gasteiger partial charge on any atom is -0.383 e. The van der Waals surface area contributed by atoms with Crippen LogP contribution >= 0.6 is 0 Å². The van der Waals surface area contributed by atoms with E-state index in [2.05, 4.69) is 74.7 Å². The van der Waals surface area contributed by atoms with Crippen LogP contribution in [0.1, 0.15) is 35.6 Å². The van der Waals surface area contributed by atoms with E-state index in [9.17, 15) is 4.79 Å². The molecule has 8 heteroatoms. The number of hydrogen-bond acceptors (Lipinski definition) is 6. The van der Waals surface area contributed by atoms with Gasteiger partial charge in [-0.25, -0.2) is 14.6 Å². The standard InChI is InChI=1S/C30H31N7O/c1-2-26(38)36-16-23-11-25(12-24(23)17-36)37-30-27(29(31)32-18-33-30)28(34-37)20-9-7-19(8-10-20)13-35-14-21-5-3-4-6-22(21)15-35/h2-10,18,23-25H,1,11-17H2,(H2,31,32,33). The first-order chi connectivity index (χ1) is 18.6. The lowest BCUT2D eigenvalue weighted by Crippen LogP contribution is -2.28. The average molecular weight is 506 g/mol. The first kappa shape index (κ1) is 23.1. The van der Waals surface area contributed by atoms with Crippen molar-refractivity contribution in [1.29, 1.82) is 0 Å². The van der Waals surface area contributed by atoms with E-state index in [1.165, 1.54) is 29.1 Å². The lowest BCUT2D eigenvalue weighted by atomic mass is 10.0. The topological polar surface area (TPSA) is 93.2 Å². The summed E-state index contributed by atoms with van der Waals surface area (Å²) < 4.78 is 2.07. The van der Waals surface area contributed by atoms with Crippen molar-refractivity contribution >= 4 is 22.8 Å². The quantitative estimate of drug-likeness (QED) is 0.409. The molecule has 0 radical (unpaired) electrons. The number of nitrogens with zero attached hydrogens (tertiary/aromatic N) is 6. The van der Waals surface area contributed by atoms with Crippen molar-refractivity contribution in [1.82, 2.24) is 29.5 Å². The van der Waals surface area contributed by atoms with Gasteiger partial charge in [-0.3, -0.25) is 9.69 Å². The van der Waals surface area contributed by atoms with Gasteiger partial charge in [0.15, 0.2) is 5.65 Å². The van der Waals surface area contributed by atoms with Gasteiger partial charge in [0.1, 0.15) is 17.8 Å². The molecule has 8 nitrogen and oxygen atoms in total. The second kappa shape index (κ2) is 9.06. The molecule has 1 saturated carbocycles. The van der Waals surface area contributed by atoms with E-state index < -0.39 is 0 Å². The maximum Gasteiger partial charge on any atom is 0.245 e. The molecule has 1 saturated heterocycles. The van der Waals surface area contributed by atoms with Crippen LogP contribution in [0.25, 0.3) is 22.3 Å².